The van der Waals surface area contributed by atoms with Gasteiger partial charge in [-0.2, -0.15) is 4.31 Å². The van der Waals surface area contributed by atoms with Gasteiger partial charge in [0.2, 0.25) is 15.9 Å². The first-order valence-corrected chi connectivity index (χ1v) is 8.94. The standard InChI is InChI=1S/C13H17Cl2N3O3S/c1-16-9-12(19)17-5-7-18(8-6-17)22(20,21)11-4-2-3-10(14)13(11)15/h2-4,16H,5-9H2,1H3. The molecule has 22 heavy (non-hydrogen) atoms. The summed E-state index contributed by atoms with van der Waals surface area (Å²) in [5, 5.41) is 3.02. The van der Waals surface area contributed by atoms with E-state index in [0.29, 0.717) is 13.1 Å². The molecule has 1 amide bonds. The second kappa shape index (κ2) is 7.14. The Morgan fingerprint density at radius 2 is 1.86 bits per heavy atom. The van der Waals surface area contributed by atoms with E-state index in [-0.39, 0.29) is 40.5 Å². The van der Waals surface area contributed by atoms with Crippen molar-refractivity contribution < 1.29 is 13.2 Å². The summed E-state index contributed by atoms with van der Waals surface area (Å²) < 4.78 is 26.6. The van der Waals surface area contributed by atoms with Crippen LogP contribution in [0.15, 0.2) is 23.1 Å². The third-order valence-electron chi connectivity index (χ3n) is 3.45. The monoisotopic (exact) mass is 365 g/mol. The Morgan fingerprint density at radius 1 is 1.23 bits per heavy atom. The number of piperazine rings is 1. The van der Waals surface area contributed by atoms with Crippen LogP contribution in [0.1, 0.15) is 0 Å². The number of carbonyl (C=O) groups excluding carboxylic acids is 1. The van der Waals surface area contributed by atoms with Gasteiger partial charge in [0.25, 0.3) is 0 Å². The lowest BCUT2D eigenvalue weighted by Gasteiger charge is -2.34. The fourth-order valence-corrected chi connectivity index (χ4v) is 4.42. The number of likely N-dealkylation sites (N-methyl/N-ethyl adjacent to an activating group) is 1. The maximum Gasteiger partial charge on any atom is 0.244 e. The average molecular weight is 366 g/mol. The van der Waals surface area contributed by atoms with Gasteiger partial charge in [0.15, 0.2) is 0 Å². The normalized spacial score (nSPS) is 16.8. The summed E-state index contributed by atoms with van der Waals surface area (Å²) in [5.74, 6) is -0.0414. The summed E-state index contributed by atoms with van der Waals surface area (Å²) in [5.41, 5.74) is 0. The molecule has 1 fully saturated rings. The number of hydrogen-bond acceptors (Lipinski definition) is 4. The van der Waals surface area contributed by atoms with Crippen LogP contribution in [-0.4, -0.2) is 63.3 Å². The second-order valence-electron chi connectivity index (χ2n) is 4.87. The highest BCUT2D eigenvalue weighted by molar-refractivity contribution is 7.89. The molecule has 0 unspecified atom stereocenters. The molecule has 0 bridgehead atoms. The lowest BCUT2D eigenvalue weighted by Crippen LogP contribution is -2.52. The number of amides is 1. The van der Waals surface area contributed by atoms with E-state index >= 15 is 0 Å². The van der Waals surface area contributed by atoms with Crippen LogP contribution in [0, 0.1) is 0 Å². The molecule has 2 rings (SSSR count). The molecule has 0 aliphatic carbocycles. The molecular weight excluding hydrogens is 349 g/mol. The van der Waals surface area contributed by atoms with E-state index in [0.717, 1.165) is 0 Å². The summed E-state index contributed by atoms with van der Waals surface area (Å²) in [6, 6.07) is 4.52. The maximum absolute atomic E-state index is 12.6. The lowest BCUT2D eigenvalue weighted by atomic mass is 10.3. The van der Waals surface area contributed by atoms with Gasteiger partial charge in [0, 0.05) is 26.2 Å². The summed E-state index contributed by atoms with van der Waals surface area (Å²) in [4.78, 5) is 13.4. The van der Waals surface area contributed by atoms with E-state index in [1.54, 1.807) is 18.0 Å². The van der Waals surface area contributed by atoms with Crippen molar-refractivity contribution in [2.45, 2.75) is 4.90 Å². The van der Waals surface area contributed by atoms with Crippen molar-refractivity contribution >= 4 is 39.1 Å². The molecule has 0 aromatic heterocycles. The first-order valence-electron chi connectivity index (χ1n) is 6.74. The number of rotatable bonds is 4. The third-order valence-corrected chi connectivity index (χ3v) is 6.33. The predicted molar refractivity (Wildman–Crippen MR) is 85.7 cm³/mol. The van der Waals surface area contributed by atoms with Crippen molar-refractivity contribution in [1.29, 1.82) is 0 Å². The van der Waals surface area contributed by atoms with Crippen LogP contribution in [0.2, 0.25) is 10.0 Å². The van der Waals surface area contributed by atoms with E-state index in [1.807, 2.05) is 0 Å². The van der Waals surface area contributed by atoms with Gasteiger partial charge in [0.1, 0.15) is 4.90 Å². The molecule has 1 aromatic carbocycles. The van der Waals surface area contributed by atoms with Crippen LogP contribution >= 0.6 is 23.2 Å². The zero-order valence-corrected chi connectivity index (χ0v) is 14.4. The SMILES string of the molecule is CNCC(=O)N1CCN(S(=O)(=O)c2cccc(Cl)c2Cl)CC1. The predicted octanol–water partition coefficient (Wildman–Crippen LogP) is 1.05. The molecular formula is C13H17Cl2N3O3S. The van der Waals surface area contributed by atoms with Crippen molar-refractivity contribution in [1.82, 2.24) is 14.5 Å². The highest BCUT2D eigenvalue weighted by Crippen LogP contribution is 2.31. The summed E-state index contributed by atoms with van der Waals surface area (Å²) in [7, 11) is -2.02. The molecule has 1 aromatic rings. The van der Waals surface area contributed by atoms with E-state index in [9.17, 15) is 13.2 Å². The van der Waals surface area contributed by atoms with Crippen LogP contribution in [0.5, 0.6) is 0 Å². The quantitative estimate of drug-likeness (QED) is 0.865. The zero-order chi connectivity index (χ0) is 16.3. The number of benzene rings is 1. The smallest absolute Gasteiger partial charge is 0.244 e. The fraction of sp³-hybridized carbons (Fsp3) is 0.462. The molecule has 122 valence electrons. The molecule has 0 spiro atoms. The Kier molecular flexibility index (Phi) is 5.68. The number of halogens is 2. The van der Waals surface area contributed by atoms with Crippen LogP contribution in [0.4, 0.5) is 0 Å². The van der Waals surface area contributed by atoms with Gasteiger partial charge < -0.3 is 10.2 Å². The van der Waals surface area contributed by atoms with Gasteiger partial charge in [-0.15, -0.1) is 0 Å². The number of hydrogen-bond donors (Lipinski definition) is 1. The molecule has 0 atom stereocenters. The Hall–Kier alpha value is -0.860. The van der Waals surface area contributed by atoms with Crippen molar-refractivity contribution in [2.24, 2.45) is 0 Å². The van der Waals surface area contributed by atoms with Crippen molar-refractivity contribution in [3.05, 3.63) is 28.2 Å². The van der Waals surface area contributed by atoms with E-state index < -0.39 is 10.0 Å². The molecule has 9 heteroatoms. The summed E-state index contributed by atoms with van der Waals surface area (Å²) in [6.07, 6.45) is 0. The highest BCUT2D eigenvalue weighted by Gasteiger charge is 2.31. The second-order valence-corrected chi connectivity index (χ2v) is 7.56. The molecule has 1 aliphatic heterocycles. The number of sulfonamides is 1. The Morgan fingerprint density at radius 3 is 2.45 bits per heavy atom. The highest BCUT2D eigenvalue weighted by atomic mass is 35.5. The molecule has 6 nitrogen and oxygen atoms in total. The van der Waals surface area contributed by atoms with Crippen LogP contribution < -0.4 is 5.32 Å². The third kappa shape index (κ3) is 3.55. The molecule has 0 saturated carbocycles. The topological polar surface area (TPSA) is 69.7 Å². The maximum atomic E-state index is 12.6. The average Bonchev–Trinajstić information content (AvgIpc) is 2.50. The van der Waals surface area contributed by atoms with Crippen LogP contribution in [0.25, 0.3) is 0 Å². The number of nitrogens with one attached hydrogen (secondary N) is 1. The van der Waals surface area contributed by atoms with E-state index in [2.05, 4.69) is 5.32 Å². The molecule has 1 aliphatic rings. The Labute approximate surface area is 140 Å². The molecule has 1 N–H and O–H groups in total. The minimum atomic E-state index is -3.71. The van der Waals surface area contributed by atoms with Crippen molar-refractivity contribution in [3.8, 4) is 0 Å². The van der Waals surface area contributed by atoms with Gasteiger partial charge in [-0.1, -0.05) is 29.3 Å². The number of carbonyl (C=O) groups is 1. The largest absolute Gasteiger partial charge is 0.339 e. The minimum absolute atomic E-state index is 0.00309. The molecule has 1 heterocycles. The number of nitrogens with zero attached hydrogens (tertiary/aromatic N) is 2. The molecule has 0 radical (unpaired) electrons. The van der Waals surface area contributed by atoms with Gasteiger partial charge in [-0.25, -0.2) is 8.42 Å². The van der Waals surface area contributed by atoms with Crippen molar-refractivity contribution in [2.75, 3.05) is 39.8 Å². The summed E-state index contributed by atoms with van der Waals surface area (Å²) >= 11 is 11.9. The minimum Gasteiger partial charge on any atom is -0.339 e. The van der Waals surface area contributed by atoms with Crippen molar-refractivity contribution in [3.63, 3.8) is 0 Å². The molecule has 1 saturated heterocycles. The van der Waals surface area contributed by atoms with Gasteiger partial charge in [-0.3, -0.25) is 4.79 Å². The Balaban J connectivity index is 2.13. The summed E-state index contributed by atoms with van der Waals surface area (Å²) in [6.45, 7) is 1.43. The Bertz CT molecular complexity index is 658. The fourth-order valence-electron chi connectivity index (χ4n) is 2.26. The van der Waals surface area contributed by atoms with Crippen LogP contribution in [0.3, 0.4) is 0 Å². The van der Waals surface area contributed by atoms with E-state index in [1.165, 1.54) is 16.4 Å². The van der Waals surface area contributed by atoms with Crippen LogP contribution in [-0.2, 0) is 14.8 Å². The first-order chi connectivity index (χ1) is 10.4. The van der Waals surface area contributed by atoms with Gasteiger partial charge >= 0.3 is 0 Å². The lowest BCUT2D eigenvalue weighted by molar-refractivity contribution is -0.131. The van der Waals surface area contributed by atoms with E-state index in [4.69, 9.17) is 23.2 Å². The first kappa shape index (κ1) is 17.5. The van der Waals surface area contributed by atoms with Gasteiger partial charge in [0.05, 0.1) is 16.6 Å². The zero-order valence-electron chi connectivity index (χ0n) is 12.1. The van der Waals surface area contributed by atoms with Gasteiger partial charge in [-0.05, 0) is 19.2 Å².